The van der Waals surface area contributed by atoms with E-state index in [0.717, 1.165) is 16.0 Å². The van der Waals surface area contributed by atoms with Crippen molar-refractivity contribution in [2.75, 3.05) is 12.8 Å². The van der Waals surface area contributed by atoms with Gasteiger partial charge in [0.1, 0.15) is 0 Å². The maximum absolute atomic E-state index is 12.5. The second-order valence-corrected chi connectivity index (χ2v) is 9.19. The molecule has 2 atom stereocenters. The first-order valence-corrected chi connectivity index (χ1v) is 10.3. The third kappa shape index (κ3) is 4.85. The van der Waals surface area contributed by atoms with Crippen molar-refractivity contribution in [3.05, 3.63) is 29.3 Å². The van der Waals surface area contributed by atoms with Gasteiger partial charge < -0.3 is 5.32 Å². The number of hydrogen-bond acceptors (Lipinski definition) is 3. The van der Waals surface area contributed by atoms with Crippen molar-refractivity contribution in [1.29, 1.82) is 0 Å². The van der Waals surface area contributed by atoms with E-state index in [2.05, 4.69) is 17.4 Å². The lowest BCUT2D eigenvalue weighted by Gasteiger charge is -2.15. The Morgan fingerprint density at radius 3 is 2.73 bits per heavy atom. The molecule has 0 heterocycles. The van der Waals surface area contributed by atoms with Crippen LogP contribution in [0.25, 0.3) is 0 Å². The first-order valence-electron chi connectivity index (χ1n) is 7.85. The number of amides is 1. The van der Waals surface area contributed by atoms with Gasteiger partial charge in [-0.3, -0.25) is 9.00 Å². The Morgan fingerprint density at radius 1 is 1.41 bits per heavy atom. The maximum Gasteiger partial charge on any atom is 0.252 e. The van der Waals surface area contributed by atoms with Crippen molar-refractivity contribution in [2.24, 2.45) is 0 Å². The van der Waals surface area contributed by atoms with Gasteiger partial charge in [0.15, 0.2) is 0 Å². The van der Waals surface area contributed by atoms with E-state index in [9.17, 15) is 9.00 Å². The predicted octanol–water partition coefficient (Wildman–Crippen LogP) is 3.53. The van der Waals surface area contributed by atoms with Gasteiger partial charge in [-0.1, -0.05) is 24.5 Å². The van der Waals surface area contributed by atoms with E-state index in [1.165, 1.54) is 25.7 Å². The molecule has 2 rings (SSSR count). The monoisotopic (exact) mass is 339 g/mol. The average Bonchev–Trinajstić information content (AvgIpc) is 2.99. The van der Waals surface area contributed by atoms with E-state index in [4.69, 9.17) is 0 Å². The molecular formula is C17H25NO2S2. The Labute approximate surface area is 140 Å². The second-order valence-electron chi connectivity index (χ2n) is 6.04. The van der Waals surface area contributed by atoms with E-state index >= 15 is 0 Å². The van der Waals surface area contributed by atoms with Crippen LogP contribution in [0.1, 0.15) is 48.5 Å². The summed E-state index contributed by atoms with van der Waals surface area (Å²) in [6, 6.07) is 6.09. The molecule has 0 saturated heterocycles. The van der Waals surface area contributed by atoms with E-state index in [-0.39, 0.29) is 11.2 Å². The van der Waals surface area contributed by atoms with E-state index < -0.39 is 10.8 Å². The fourth-order valence-electron chi connectivity index (χ4n) is 2.56. The van der Waals surface area contributed by atoms with Gasteiger partial charge in [0.25, 0.3) is 5.91 Å². The number of carbonyl (C=O) groups excluding carboxylic acids is 1. The maximum atomic E-state index is 12.5. The first-order chi connectivity index (χ1) is 10.5. The quantitative estimate of drug-likeness (QED) is 0.862. The van der Waals surface area contributed by atoms with Crippen LogP contribution in [-0.2, 0) is 10.8 Å². The Hall–Kier alpha value is -0.810. The van der Waals surface area contributed by atoms with Gasteiger partial charge in [-0.2, -0.15) is 0 Å². The molecule has 2 unspecified atom stereocenters. The molecule has 1 saturated carbocycles. The van der Waals surface area contributed by atoms with Gasteiger partial charge in [0.05, 0.1) is 5.56 Å². The van der Waals surface area contributed by atoms with Crippen LogP contribution < -0.4 is 5.32 Å². The van der Waals surface area contributed by atoms with Gasteiger partial charge in [-0.25, -0.2) is 0 Å². The van der Waals surface area contributed by atoms with Gasteiger partial charge >= 0.3 is 0 Å². The third-order valence-corrected chi connectivity index (χ3v) is 6.81. The zero-order valence-corrected chi connectivity index (χ0v) is 15.2. The van der Waals surface area contributed by atoms with Gasteiger partial charge in [0.2, 0.25) is 0 Å². The normalized spacial score (nSPS) is 18.1. The third-order valence-electron chi connectivity index (χ3n) is 4.09. The molecule has 0 aromatic heterocycles. The molecule has 1 aromatic rings. The fraction of sp³-hybridized carbons (Fsp3) is 0.588. The lowest BCUT2D eigenvalue weighted by molar-refractivity contribution is 0.0951. The van der Waals surface area contributed by atoms with Crippen molar-refractivity contribution in [3.63, 3.8) is 0 Å². The average molecular weight is 340 g/mol. The summed E-state index contributed by atoms with van der Waals surface area (Å²) in [5.74, 6) is -0.0542. The molecule has 122 valence electrons. The first kappa shape index (κ1) is 17.5. The predicted molar refractivity (Wildman–Crippen MR) is 95.2 cm³/mol. The zero-order valence-electron chi connectivity index (χ0n) is 13.6. The summed E-state index contributed by atoms with van der Waals surface area (Å²) in [5.41, 5.74) is 1.85. The van der Waals surface area contributed by atoms with Crippen molar-refractivity contribution in [1.82, 2.24) is 5.32 Å². The highest BCUT2D eigenvalue weighted by molar-refractivity contribution is 8.00. The van der Waals surface area contributed by atoms with Crippen LogP contribution in [-0.4, -0.2) is 33.4 Å². The standard InChI is InChI=1S/C17H25NO2S2/c1-12-8-9-16(21-14-6-4-5-7-14)15(10-12)17(19)18-11-13(2)22(3)20/h8-10,13-14H,4-7,11H2,1-3H3,(H,18,19). The highest BCUT2D eigenvalue weighted by Gasteiger charge is 2.20. The van der Waals surface area contributed by atoms with Crippen LogP contribution in [0.4, 0.5) is 0 Å². The highest BCUT2D eigenvalue weighted by Crippen LogP contribution is 2.36. The summed E-state index contributed by atoms with van der Waals surface area (Å²) in [6.07, 6.45) is 6.75. The molecule has 22 heavy (non-hydrogen) atoms. The minimum Gasteiger partial charge on any atom is -0.351 e. The molecule has 1 N–H and O–H groups in total. The Morgan fingerprint density at radius 2 is 2.09 bits per heavy atom. The molecule has 3 nitrogen and oxygen atoms in total. The molecule has 1 amide bonds. The lowest BCUT2D eigenvalue weighted by atomic mass is 10.1. The summed E-state index contributed by atoms with van der Waals surface area (Å²) in [6.45, 7) is 4.34. The minimum absolute atomic E-state index is 0.0281. The molecule has 1 aromatic carbocycles. The van der Waals surface area contributed by atoms with Crippen molar-refractivity contribution >= 4 is 28.5 Å². The smallest absolute Gasteiger partial charge is 0.252 e. The molecule has 1 fully saturated rings. The van der Waals surface area contributed by atoms with Crippen molar-refractivity contribution in [2.45, 2.75) is 54.9 Å². The lowest BCUT2D eigenvalue weighted by Crippen LogP contribution is -2.32. The number of carbonyl (C=O) groups is 1. The van der Waals surface area contributed by atoms with Gasteiger partial charge in [0, 0.05) is 39.0 Å². The number of nitrogens with one attached hydrogen (secondary N) is 1. The largest absolute Gasteiger partial charge is 0.351 e. The number of benzene rings is 1. The second kappa shape index (κ2) is 8.16. The molecule has 0 aliphatic heterocycles. The summed E-state index contributed by atoms with van der Waals surface area (Å²) in [5, 5.41) is 3.53. The molecule has 0 radical (unpaired) electrons. The summed E-state index contributed by atoms with van der Waals surface area (Å²) >= 11 is 1.83. The summed E-state index contributed by atoms with van der Waals surface area (Å²) in [7, 11) is -0.917. The van der Waals surface area contributed by atoms with Crippen molar-refractivity contribution in [3.8, 4) is 0 Å². The molecular weight excluding hydrogens is 314 g/mol. The molecule has 0 spiro atoms. The zero-order chi connectivity index (χ0) is 16.1. The minimum atomic E-state index is -0.917. The SMILES string of the molecule is Cc1ccc(SC2CCCC2)c(C(=O)NCC(C)S(C)=O)c1. The number of hydrogen-bond donors (Lipinski definition) is 1. The van der Waals surface area contributed by atoms with Crippen LogP contribution in [0.5, 0.6) is 0 Å². The topological polar surface area (TPSA) is 46.2 Å². The highest BCUT2D eigenvalue weighted by atomic mass is 32.2. The molecule has 1 aliphatic carbocycles. The number of aryl methyl sites for hydroxylation is 1. The fourth-order valence-corrected chi connectivity index (χ4v) is 4.23. The van der Waals surface area contributed by atoms with E-state index in [1.54, 1.807) is 6.26 Å². The van der Waals surface area contributed by atoms with Crippen LogP contribution >= 0.6 is 11.8 Å². The van der Waals surface area contributed by atoms with Crippen LogP contribution in [0, 0.1) is 6.92 Å². The van der Waals surface area contributed by atoms with Crippen LogP contribution in [0.15, 0.2) is 23.1 Å². The Bertz CT molecular complexity index is 554. The van der Waals surface area contributed by atoms with Crippen molar-refractivity contribution < 1.29 is 9.00 Å². The van der Waals surface area contributed by atoms with Gasteiger partial charge in [-0.15, -0.1) is 11.8 Å². The summed E-state index contributed by atoms with van der Waals surface area (Å²) < 4.78 is 11.4. The molecule has 5 heteroatoms. The Balaban J connectivity index is 2.08. The van der Waals surface area contributed by atoms with Crippen LogP contribution in [0.2, 0.25) is 0 Å². The number of thioether (sulfide) groups is 1. The Kier molecular flexibility index (Phi) is 6.50. The molecule has 1 aliphatic rings. The van der Waals surface area contributed by atoms with Crippen LogP contribution in [0.3, 0.4) is 0 Å². The van der Waals surface area contributed by atoms with Gasteiger partial charge in [-0.05, 0) is 38.8 Å². The van der Waals surface area contributed by atoms with E-state index in [1.807, 2.05) is 31.7 Å². The molecule has 0 bridgehead atoms. The number of rotatable bonds is 6. The van der Waals surface area contributed by atoms with E-state index in [0.29, 0.717) is 11.8 Å². The summed E-state index contributed by atoms with van der Waals surface area (Å²) in [4.78, 5) is 13.6.